The maximum Gasteiger partial charge on any atom is 0.227 e. The molecule has 0 saturated carbocycles. The molecule has 5 heteroatoms. The molecule has 1 heterocycles. The SMILES string of the molecule is CCOc1ccc(N2C[C@H](C(=O)N[C@H](C)CC)CC2=O)cc1. The van der Waals surface area contributed by atoms with Crippen molar-refractivity contribution < 1.29 is 14.3 Å². The van der Waals surface area contributed by atoms with Gasteiger partial charge in [0.1, 0.15) is 5.75 Å². The number of carbonyl (C=O) groups excluding carboxylic acids is 2. The zero-order valence-electron chi connectivity index (χ0n) is 13.5. The molecule has 2 atom stereocenters. The van der Waals surface area contributed by atoms with Crippen molar-refractivity contribution in [2.45, 2.75) is 39.7 Å². The van der Waals surface area contributed by atoms with E-state index in [1.54, 1.807) is 4.90 Å². The summed E-state index contributed by atoms with van der Waals surface area (Å²) < 4.78 is 5.40. The summed E-state index contributed by atoms with van der Waals surface area (Å²) in [5, 5.41) is 2.95. The van der Waals surface area contributed by atoms with E-state index in [-0.39, 0.29) is 30.2 Å². The normalized spacial score (nSPS) is 19.1. The number of ether oxygens (including phenoxy) is 1. The molecule has 120 valence electrons. The summed E-state index contributed by atoms with van der Waals surface area (Å²) in [5.74, 6) is 0.474. The number of anilines is 1. The van der Waals surface area contributed by atoms with Crippen molar-refractivity contribution in [3.8, 4) is 5.75 Å². The molecular formula is C17H24N2O3. The van der Waals surface area contributed by atoms with Gasteiger partial charge in [-0.3, -0.25) is 9.59 Å². The standard InChI is InChI=1S/C17H24N2O3/c1-4-12(3)18-17(21)13-10-16(20)19(11-13)14-6-8-15(9-7-14)22-5-2/h6-9,12-13H,4-5,10-11H2,1-3H3,(H,18,21)/t12-,13-/m1/s1. The Balaban J connectivity index is 2.01. The van der Waals surface area contributed by atoms with E-state index in [2.05, 4.69) is 5.32 Å². The number of hydrogen-bond donors (Lipinski definition) is 1. The first kappa shape index (κ1) is 16.3. The molecule has 0 aromatic heterocycles. The van der Waals surface area contributed by atoms with Gasteiger partial charge in [0.05, 0.1) is 12.5 Å². The summed E-state index contributed by atoms with van der Waals surface area (Å²) in [5.41, 5.74) is 0.812. The molecule has 0 bridgehead atoms. The van der Waals surface area contributed by atoms with Gasteiger partial charge in [0, 0.05) is 24.7 Å². The first-order valence-electron chi connectivity index (χ1n) is 7.88. The van der Waals surface area contributed by atoms with Gasteiger partial charge < -0.3 is 15.0 Å². The highest BCUT2D eigenvalue weighted by atomic mass is 16.5. The number of hydrogen-bond acceptors (Lipinski definition) is 3. The zero-order valence-corrected chi connectivity index (χ0v) is 13.5. The Bertz CT molecular complexity index is 527. The van der Waals surface area contributed by atoms with Crippen LogP contribution in [0.3, 0.4) is 0 Å². The number of rotatable bonds is 6. The van der Waals surface area contributed by atoms with Crippen molar-refractivity contribution in [2.24, 2.45) is 5.92 Å². The quantitative estimate of drug-likeness (QED) is 0.877. The van der Waals surface area contributed by atoms with Crippen LogP contribution in [0.4, 0.5) is 5.69 Å². The van der Waals surface area contributed by atoms with Gasteiger partial charge in [-0.2, -0.15) is 0 Å². The van der Waals surface area contributed by atoms with E-state index in [0.717, 1.165) is 17.9 Å². The Morgan fingerprint density at radius 2 is 2.05 bits per heavy atom. The molecule has 1 saturated heterocycles. The zero-order chi connectivity index (χ0) is 16.1. The molecule has 0 spiro atoms. The second kappa shape index (κ2) is 7.29. The third-order valence-corrected chi connectivity index (χ3v) is 3.96. The first-order chi connectivity index (χ1) is 10.5. The van der Waals surface area contributed by atoms with Crippen LogP contribution >= 0.6 is 0 Å². The Kier molecular flexibility index (Phi) is 5.41. The minimum Gasteiger partial charge on any atom is -0.494 e. The summed E-state index contributed by atoms with van der Waals surface area (Å²) in [6.45, 7) is 6.98. The van der Waals surface area contributed by atoms with Crippen LogP contribution in [-0.2, 0) is 9.59 Å². The second-order valence-corrected chi connectivity index (χ2v) is 5.65. The van der Waals surface area contributed by atoms with Crippen molar-refractivity contribution in [3.05, 3.63) is 24.3 Å². The van der Waals surface area contributed by atoms with Crippen LogP contribution < -0.4 is 15.0 Å². The van der Waals surface area contributed by atoms with Crippen molar-refractivity contribution in [1.82, 2.24) is 5.32 Å². The highest BCUT2D eigenvalue weighted by molar-refractivity contribution is 6.00. The van der Waals surface area contributed by atoms with Gasteiger partial charge in [0.25, 0.3) is 0 Å². The van der Waals surface area contributed by atoms with Crippen LogP contribution in [0.5, 0.6) is 5.75 Å². The van der Waals surface area contributed by atoms with Crippen LogP contribution in [0, 0.1) is 5.92 Å². The van der Waals surface area contributed by atoms with E-state index in [0.29, 0.717) is 13.2 Å². The Morgan fingerprint density at radius 1 is 1.36 bits per heavy atom. The molecule has 0 aliphatic carbocycles. The van der Waals surface area contributed by atoms with Gasteiger partial charge >= 0.3 is 0 Å². The van der Waals surface area contributed by atoms with Gasteiger partial charge in [0.2, 0.25) is 11.8 Å². The minimum atomic E-state index is -0.270. The van der Waals surface area contributed by atoms with Crippen LogP contribution in [0.15, 0.2) is 24.3 Å². The second-order valence-electron chi connectivity index (χ2n) is 5.65. The number of benzene rings is 1. The van der Waals surface area contributed by atoms with E-state index in [1.807, 2.05) is 45.0 Å². The molecule has 2 rings (SSSR count). The van der Waals surface area contributed by atoms with Crippen molar-refractivity contribution >= 4 is 17.5 Å². The topological polar surface area (TPSA) is 58.6 Å². The Labute approximate surface area is 131 Å². The smallest absolute Gasteiger partial charge is 0.227 e. The third kappa shape index (κ3) is 3.78. The van der Waals surface area contributed by atoms with Gasteiger partial charge in [0.15, 0.2) is 0 Å². The average molecular weight is 304 g/mol. The summed E-state index contributed by atoms with van der Waals surface area (Å²) in [4.78, 5) is 26.0. The summed E-state index contributed by atoms with van der Waals surface area (Å²) in [7, 11) is 0. The minimum absolute atomic E-state index is 0.00605. The maximum absolute atomic E-state index is 12.2. The van der Waals surface area contributed by atoms with Crippen LogP contribution in [0.1, 0.15) is 33.6 Å². The number of nitrogens with one attached hydrogen (secondary N) is 1. The lowest BCUT2D eigenvalue weighted by Gasteiger charge is -2.18. The number of nitrogens with zero attached hydrogens (tertiary/aromatic N) is 1. The number of amides is 2. The van der Waals surface area contributed by atoms with Crippen molar-refractivity contribution in [1.29, 1.82) is 0 Å². The largest absolute Gasteiger partial charge is 0.494 e. The molecule has 1 N–H and O–H groups in total. The molecular weight excluding hydrogens is 280 g/mol. The average Bonchev–Trinajstić information content (AvgIpc) is 2.90. The van der Waals surface area contributed by atoms with Gasteiger partial charge in [-0.1, -0.05) is 6.92 Å². The lowest BCUT2D eigenvalue weighted by molar-refractivity contribution is -0.126. The van der Waals surface area contributed by atoms with Crippen LogP contribution in [0.25, 0.3) is 0 Å². The summed E-state index contributed by atoms with van der Waals surface area (Å²) in [6, 6.07) is 7.55. The van der Waals surface area contributed by atoms with Crippen molar-refractivity contribution in [2.75, 3.05) is 18.1 Å². The number of carbonyl (C=O) groups is 2. The molecule has 1 aromatic carbocycles. The maximum atomic E-state index is 12.2. The lowest BCUT2D eigenvalue weighted by Crippen LogP contribution is -2.38. The molecule has 5 nitrogen and oxygen atoms in total. The van der Waals surface area contributed by atoms with E-state index < -0.39 is 0 Å². The predicted octanol–water partition coefficient (Wildman–Crippen LogP) is 2.35. The van der Waals surface area contributed by atoms with E-state index >= 15 is 0 Å². The Hall–Kier alpha value is -2.04. The molecule has 2 amide bonds. The molecule has 1 fully saturated rings. The fraction of sp³-hybridized carbons (Fsp3) is 0.529. The van der Waals surface area contributed by atoms with Gasteiger partial charge in [-0.05, 0) is 44.5 Å². The lowest BCUT2D eigenvalue weighted by atomic mass is 10.1. The molecule has 22 heavy (non-hydrogen) atoms. The molecule has 1 aliphatic rings. The molecule has 0 radical (unpaired) electrons. The van der Waals surface area contributed by atoms with Gasteiger partial charge in [-0.25, -0.2) is 0 Å². The fourth-order valence-electron chi connectivity index (χ4n) is 2.48. The predicted molar refractivity (Wildman–Crippen MR) is 86.0 cm³/mol. The fourth-order valence-corrected chi connectivity index (χ4v) is 2.48. The first-order valence-corrected chi connectivity index (χ1v) is 7.88. The van der Waals surface area contributed by atoms with Crippen LogP contribution in [-0.4, -0.2) is 31.0 Å². The van der Waals surface area contributed by atoms with Crippen molar-refractivity contribution in [3.63, 3.8) is 0 Å². The third-order valence-electron chi connectivity index (χ3n) is 3.96. The monoisotopic (exact) mass is 304 g/mol. The highest BCUT2D eigenvalue weighted by Gasteiger charge is 2.35. The molecule has 1 aliphatic heterocycles. The summed E-state index contributed by atoms with van der Waals surface area (Å²) in [6.07, 6.45) is 1.16. The van der Waals surface area contributed by atoms with E-state index in [4.69, 9.17) is 4.74 Å². The summed E-state index contributed by atoms with van der Waals surface area (Å²) >= 11 is 0. The van der Waals surface area contributed by atoms with Crippen LogP contribution in [0.2, 0.25) is 0 Å². The van der Waals surface area contributed by atoms with E-state index in [9.17, 15) is 9.59 Å². The molecule has 0 unspecified atom stereocenters. The Morgan fingerprint density at radius 3 is 2.64 bits per heavy atom. The molecule has 1 aromatic rings. The van der Waals surface area contributed by atoms with E-state index in [1.165, 1.54) is 0 Å². The van der Waals surface area contributed by atoms with Gasteiger partial charge in [-0.15, -0.1) is 0 Å². The highest BCUT2D eigenvalue weighted by Crippen LogP contribution is 2.27.